The summed E-state index contributed by atoms with van der Waals surface area (Å²) < 4.78 is 4.86. The Balaban J connectivity index is 2.57. The van der Waals surface area contributed by atoms with Crippen LogP contribution in [0.25, 0.3) is 0 Å². The number of β-lactam (4-membered cyclic amide) rings is 1. The van der Waals surface area contributed by atoms with Crippen LogP contribution in [0.1, 0.15) is 20.8 Å². The first kappa shape index (κ1) is 11.0. The Morgan fingerprint density at radius 3 is 2.50 bits per heavy atom. The molecule has 1 amide bonds. The van der Waals surface area contributed by atoms with Crippen LogP contribution in [0.15, 0.2) is 0 Å². The molecule has 1 saturated heterocycles. The second-order valence-corrected chi connectivity index (χ2v) is 3.66. The molecule has 1 rings (SSSR count). The van der Waals surface area contributed by atoms with Crippen LogP contribution in [0.4, 0.5) is 0 Å². The summed E-state index contributed by atoms with van der Waals surface area (Å²) in [5, 5.41) is 11.8. The number of aliphatic hydroxyl groups excluding tert-OH is 1. The summed E-state index contributed by atoms with van der Waals surface area (Å²) in [6.45, 7) is 4.65. The summed E-state index contributed by atoms with van der Waals surface area (Å²) in [6.07, 6.45) is -1.17. The maximum absolute atomic E-state index is 11.2. The third-order valence-electron chi connectivity index (χ3n) is 2.53. The van der Waals surface area contributed by atoms with Gasteiger partial charge in [-0.3, -0.25) is 9.59 Å². The van der Waals surface area contributed by atoms with Crippen molar-refractivity contribution in [3.05, 3.63) is 0 Å². The lowest BCUT2D eigenvalue weighted by Gasteiger charge is -2.39. The van der Waals surface area contributed by atoms with Crippen LogP contribution in [-0.2, 0) is 14.3 Å². The summed E-state index contributed by atoms with van der Waals surface area (Å²) in [5.74, 6) is -1.26. The van der Waals surface area contributed by atoms with Gasteiger partial charge in [0.25, 0.3) is 0 Å². The molecule has 0 aromatic heterocycles. The van der Waals surface area contributed by atoms with Crippen LogP contribution in [0, 0.1) is 11.8 Å². The van der Waals surface area contributed by atoms with Crippen LogP contribution < -0.4 is 5.32 Å². The smallest absolute Gasteiger partial charge is 0.304 e. The number of carbonyl (C=O) groups is 2. The molecule has 5 heteroatoms. The summed E-state index contributed by atoms with van der Waals surface area (Å²) in [7, 11) is 0. The fourth-order valence-electron chi connectivity index (χ4n) is 1.46. The average Bonchev–Trinajstić information content (AvgIpc) is 2.01. The molecule has 1 aliphatic rings. The fraction of sp³-hybridized carbons (Fsp3) is 0.778. The van der Waals surface area contributed by atoms with Crippen molar-refractivity contribution < 1.29 is 19.4 Å². The highest BCUT2D eigenvalue weighted by Gasteiger charge is 2.46. The van der Waals surface area contributed by atoms with Gasteiger partial charge in [0.15, 0.2) is 6.23 Å². The van der Waals surface area contributed by atoms with Crippen LogP contribution in [0.5, 0.6) is 0 Å². The minimum atomic E-state index is -0.593. The molecular weight excluding hydrogens is 186 g/mol. The van der Waals surface area contributed by atoms with E-state index in [1.54, 1.807) is 13.8 Å². The van der Waals surface area contributed by atoms with Gasteiger partial charge in [-0.2, -0.15) is 0 Å². The number of aliphatic hydroxyl groups is 1. The first-order valence-corrected chi connectivity index (χ1v) is 4.59. The van der Waals surface area contributed by atoms with Gasteiger partial charge < -0.3 is 15.2 Å². The number of hydrogen-bond donors (Lipinski definition) is 2. The van der Waals surface area contributed by atoms with E-state index >= 15 is 0 Å². The van der Waals surface area contributed by atoms with E-state index in [0.29, 0.717) is 0 Å². The molecule has 0 aliphatic carbocycles. The summed E-state index contributed by atoms with van der Waals surface area (Å²) >= 11 is 0. The van der Waals surface area contributed by atoms with E-state index in [0.717, 1.165) is 0 Å². The molecule has 0 saturated carbocycles. The van der Waals surface area contributed by atoms with E-state index < -0.39 is 24.2 Å². The van der Waals surface area contributed by atoms with Gasteiger partial charge in [-0.25, -0.2) is 0 Å². The average molecular weight is 201 g/mol. The number of carbonyl (C=O) groups excluding carboxylic acids is 2. The van der Waals surface area contributed by atoms with Crippen LogP contribution in [0.2, 0.25) is 0 Å². The molecule has 4 atom stereocenters. The molecule has 1 fully saturated rings. The highest BCUT2D eigenvalue weighted by Crippen LogP contribution is 2.27. The van der Waals surface area contributed by atoms with E-state index in [1.807, 2.05) is 0 Å². The molecule has 0 bridgehead atoms. The standard InChI is InChI=1S/C9H15NO4/c1-4(5(2)11)7-8(13)10-9(7)14-6(3)12/h4-5,7,9,11H,1-3H3,(H,10,13). The van der Waals surface area contributed by atoms with Gasteiger partial charge in [-0.05, 0) is 12.8 Å². The first-order valence-electron chi connectivity index (χ1n) is 4.59. The number of rotatable bonds is 3. The maximum atomic E-state index is 11.2. The second-order valence-electron chi connectivity index (χ2n) is 3.66. The lowest BCUT2D eigenvalue weighted by molar-refractivity contribution is -0.173. The van der Waals surface area contributed by atoms with Gasteiger partial charge in [-0.15, -0.1) is 0 Å². The highest BCUT2D eigenvalue weighted by molar-refractivity contribution is 5.86. The van der Waals surface area contributed by atoms with Crippen molar-refractivity contribution in [2.75, 3.05) is 0 Å². The zero-order valence-electron chi connectivity index (χ0n) is 8.48. The highest BCUT2D eigenvalue weighted by atomic mass is 16.6. The van der Waals surface area contributed by atoms with Crippen molar-refractivity contribution in [2.24, 2.45) is 11.8 Å². The van der Waals surface area contributed by atoms with E-state index in [9.17, 15) is 14.7 Å². The molecule has 0 aromatic carbocycles. The van der Waals surface area contributed by atoms with Crippen LogP contribution >= 0.6 is 0 Å². The van der Waals surface area contributed by atoms with Gasteiger partial charge in [-0.1, -0.05) is 6.92 Å². The molecule has 2 N–H and O–H groups in total. The Kier molecular flexibility index (Phi) is 3.10. The molecule has 0 aromatic rings. The second kappa shape index (κ2) is 3.96. The van der Waals surface area contributed by atoms with Crippen LogP contribution in [-0.4, -0.2) is 29.3 Å². The molecule has 1 heterocycles. The normalized spacial score (nSPS) is 29.9. The topological polar surface area (TPSA) is 75.6 Å². The molecular formula is C9H15NO4. The minimum Gasteiger partial charge on any atom is -0.441 e. The van der Waals surface area contributed by atoms with E-state index in [-0.39, 0.29) is 11.8 Å². The third-order valence-corrected chi connectivity index (χ3v) is 2.53. The van der Waals surface area contributed by atoms with E-state index in [2.05, 4.69) is 5.32 Å². The maximum Gasteiger partial charge on any atom is 0.304 e. The van der Waals surface area contributed by atoms with Crippen LogP contribution in [0.3, 0.4) is 0 Å². The fourth-order valence-corrected chi connectivity index (χ4v) is 1.46. The van der Waals surface area contributed by atoms with Gasteiger partial charge >= 0.3 is 5.97 Å². The summed E-state index contributed by atoms with van der Waals surface area (Å²) in [4.78, 5) is 21.8. The lowest BCUT2D eigenvalue weighted by atomic mass is 9.83. The third kappa shape index (κ3) is 2.04. The molecule has 0 spiro atoms. The molecule has 14 heavy (non-hydrogen) atoms. The number of amides is 1. The predicted octanol–water partition coefficient (Wildman–Crippen LogP) is -0.362. The van der Waals surface area contributed by atoms with E-state index in [1.165, 1.54) is 6.92 Å². The lowest BCUT2D eigenvalue weighted by Crippen LogP contribution is -2.63. The summed E-state index contributed by atoms with van der Waals surface area (Å²) in [6, 6.07) is 0. The van der Waals surface area contributed by atoms with Gasteiger partial charge in [0.1, 0.15) is 0 Å². The largest absolute Gasteiger partial charge is 0.441 e. The molecule has 80 valence electrons. The van der Waals surface area contributed by atoms with Crippen molar-refractivity contribution in [3.63, 3.8) is 0 Å². The van der Waals surface area contributed by atoms with E-state index in [4.69, 9.17) is 4.74 Å². The molecule has 0 radical (unpaired) electrons. The number of esters is 1. The Morgan fingerprint density at radius 1 is 1.57 bits per heavy atom. The Bertz CT molecular complexity index is 251. The number of ether oxygens (including phenoxy) is 1. The van der Waals surface area contributed by atoms with Gasteiger partial charge in [0.2, 0.25) is 5.91 Å². The Hall–Kier alpha value is -1.10. The monoisotopic (exact) mass is 201 g/mol. The Morgan fingerprint density at radius 2 is 2.14 bits per heavy atom. The number of hydrogen-bond acceptors (Lipinski definition) is 4. The first-order chi connectivity index (χ1) is 6.43. The van der Waals surface area contributed by atoms with Gasteiger partial charge in [0.05, 0.1) is 12.0 Å². The van der Waals surface area contributed by atoms with Crippen molar-refractivity contribution in [3.8, 4) is 0 Å². The summed E-state index contributed by atoms with van der Waals surface area (Å²) in [5.41, 5.74) is 0. The minimum absolute atomic E-state index is 0.176. The molecule has 5 nitrogen and oxygen atoms in total. The quantitative estimate of drug-likeness (QED) is 0.483. The zero-order valence-corrected chi connectivity index (χ0v) is 8.48. The van der Waals surface area contributed by atoms with Crippen molar-refractivity contribution in [2.45, 2.75) is 33.1 Å². The SMILES string of the molecule is CC(=O)OC1NC(=O)C1C(C)C(C)O. The predicted molar refractivity (Wildman–Crippen MR) is 48.0 cm³/mol. The van der Waals surface area contributed by atoms with Crippen molar-refractivity contribution in [1.29, 1.82) is 0 Å². The van der Waals surface area contributed by atoms with Gasteiger partial charge in [0, 0.05) is 6.92 Å². The van der Waals surface area contributed by atoms with Crippen molar-refractivity contribution in [1.82, 2.24) is 5.32 Å². The molecule has 4 unspecified atom stereocenters. The Labute approximate surface area is 82.4 Å². The van der Waals surface area contributed by atoms with Crippen molar-refractivity contribution >= 4 is 11.9 Å². The molecule has 1 aliphatic heterocycles. The number of nitrogens with one attached hydrogen (secondary N) is 1. The zero-order chi connectivity index (χ0) is 10.9.